The Balaban J connectivity index is 3.37. The highest BCUT2D eigenvalue weighted by Crippen LogP contribution is 1.90. The minimum absolute atomic E-state index is 0.0545. The molecule has 0 saturated carbocycles. The van der Waals surface area contributed by atoms with Gasteiger partial charge < -0.3 is 14.8 Å². The molecule has 2 N–H and O–H groups in total. The molecule has 0 aromatic heterocycles. The zero-order valence-electron chi connectivity index (χ0n) is 8.91. The van der Waals surface area contributed by atoms with Crippen molar-refractivity contribution in [2.75, 3.05) is 32.1 Å². The standard InChI is InChI=1S/C9H18N2O3S/c1-2-13-9(12)7-8(10)14-5-3-11-4-6-15/h10-11,15H,2-7H2,1H3. The fourth-order valence-electron chi connectivity index (χ4n) is 0.845. The fraction of sp³-hybridized carbons (Fsp3) is 0.778. The molecule has 0 radical (unpaired) electrons. The van der Waals surface area contributed by atoms with Gasteiger partial charge in [-0.15, -0.1) is 0 Å². The van der Waals surface area contributed by atoms with Crippen LogP contribution in [0.15, 0.2) is 0 Å². The van der Waals surface area contributed by atoms with Crippen LogP contribution in [0.1, 0.15) is 13.3 Å². The van der Waals surface area contributed by atoms with Crippen molar-refractivity contribution in [1.82, 2.24) is 5.32 Å². The minimum atomic E-state index is -0.425. The summed E-state index contributed by atoms with van der Waals surface area (Å²) in [6.45, 7) is 3.88. The maximum Gasteiger partial charge on any atom is 0.315 e. The summed E-state index contributed by atoms with van der Waals surface area (Å²) in [4.78, 5) is 10.9. The zero-order valence-corrected chi connectivity index (χ0v) is 9.81. The van der Waals surface area contributed by atoms with E-state index in [1.54, 1.807) is 6.92 Å². The molecule has 0 aliphatic carbocycles. The Kier molecular flexibility index (Phi) is 9.30. The van der Waals surface area contributed by atoms with Gasteiger partial charge >= 0.3 is 5.97 Å². The molecule has 0 aliphatic rings. The van der Waals surface area contributed by atoms with E-state index in [4.69, 9.17) is 10.1 Å². The number of carbonyl (C=O) groups excluding carboxylic acids is 1. The summed E-state index contributed by atoms with van der Waals surface area (Å²) in [6, 6.07) is 0. The second kappa shape index (κ2) is 9.79. The maximum absolute atomic E-state index is 10.9. The number of nitrogens with one attached hydrogen (secondary N) is 2. The highest BCUT2D eigenvalue weighted by atomic mass is 32.1. The van der Waals surface area contributed by atoms with Crippen molar-refractivity contribution in [1.29, 1.82) is 5.41 Å². The highest BCUT2D eigenvalue weighted by Gasteiger charge is 2.07. The first kappa shape index (κ1) is 14.2. The molecule has 0 bridgehead atoms. The van der Waals surface area contributed by atoms with Crippen LogP contribution in [0.3, 0.4) is 0 Å². The van der Waals surface area contributed by atoms with Crippen LogP contribution in [0.2, 0.25) is 0 Å². The lowest BCUT2D eigenvalue weighted by molar-refractivity contribution is -0.141. The third-order valence-electron chi connectivity index (χ3n) is 1.45. The first-order valence-electron chi connectivity index (χ1n) is 4.88. The van der Waals surface area contributed by atoms with E-state index in [0.29, 0.717) is 19.8 Å². The van der Waals surface area contributed by atoms with Crippen LogP contribution in [0.4, 0.5) is 0 Å². The number of ether oxygens (including phenoxy) is 2. The molecule has 0 aliphatic heterocycles. The lowest BCUT2D eigenvalue weighted by Crippen LogP contribution is -2.23. The van der Waals surface area contributed by atoms with Crippen molar-refractivity contribution < 1.29 is 14.3 Å². The molecule has 0 fully saturated rings. The number of rotatable bonds is 8. The fourth-order valence-corrected chi connectivity index (χ4v) is 1.00. The van der Waals surface area contributed by atoms with Crippen LogP contribution in [0.5, 0.6) is 0 Å². The molecule has 88 valence electrons. The van der Waals surface area contributed by atoms with E-state index in [1.165, 1.54) is 0 Å². The van der Waals surface area contributed by atoms with Gasteiger partial charge in [0, 0.05) is 18.8 Å². The first-order valence-corrected chi connectivity index (χ1v) is 5.51. The normalized spacial score (nSPS) is 9.73. The van der Waals surface area contributed by atoms with Crippen molar-refractivity contribution in [3.8, 4) is 0 Å². The van der Waals surface area contributed by atoms with Gasteiger partial charge in [0.2, 0.25) is 0 Å². The Morgan fingerprint density at radius 2 is 2.13 bits per heavy atom. The largest absolute Gasteiger partial charge is 0.479 e. The Morgan fingerprint density at radius 1 is 1.40 bits per heavy atom. The van der Waals surface area contributed by atoms with Gasteiger partial charge in [0.15, 0.2) is 5.90 Å². The van der Waals surface area contributed by atoms with Gasteiger partial charge in [-0.05, 0) is 6.92 Å². The van der Waals surface area contributed by atoms with Gasteiger partial charge in [-0.25, -0.2) is 0 Å². The van der Waals surface area contributed by atoms with Crippen LogP contribution in [0.25, 0.3) is 0 Å². The van der Waals surface area contributed by atoms with Gasteiger partial charge in [0.05, 0.1) is 6.61 Å². The summed E-state index contributed by atoms with van der Waals surface area (Å²) in [6.07, 6.45) is -0.0968. The van der Waals surface area contributed by atoms with Crippen molar-refractivity contribution in [3.63, 3.8) is 0 Å². The highest BCUT2D eigenvalue weighted by molar-refractivity contribution is 7.80. The molecular weight excluding hydrogens is 216 g/mol. The Labute approximate surface area is 95.4 Å². The van der Waals surface area contributed by atoms with E-state index >= 15 is 0 Å². The van der Waals surface area contributed by atoms with Crippen molar-refractivity contribution in [3.05, 3.63) is 0 Å². The second-order valence-electron chi connectivity index (χ2n) is 2.73. The molecule has 0 rings (SSSR count). The van der Waals surface area contributed by atoms with E-state index < -0.39 is 5.97 Å². The molecule has 0 unspecified atom stereocenters. The Hall–Kier alpha value is -0.750. The number of esters is 1. The summed E-state index contributed by atoms with van der Waals surface area (Å²) in [5, 5.41) is 10.4. The number of hydrogen-bond acceptors (Lipinski definition) is 6. The molecule has 6 heteroatoms. The molecule has 0 saturated heterocycles. The molecular formula is C9H18N2O3S. The van der Waals surface area contributed by atoms with Gasteiger partial charge in [0.25, 0.3) is 0 Å². The van der Waals surface area contributed by atoms with E-state index in [1.807, 2.05) is 0 Å². The number of carbonyl (C=O) groups is 1. The van der Waals surface area contributed by atoms with E-state index in [0.717, 1.165) is 12.3 Å². The molecule has 0 spiro atoms. The smallest absolute Gasteiger partial charge is 0.315 e. The summed E-state index contributed by atoms with van der Waals surface area (Å²) < 4.78 is 9.67. The summed E-state index contributed by atoms with van der Waals surface area (Å²) in [5.41, 5.74) is 0. The average Bonchev–Trinajstić information content (AvgIpc) is 2.17. The lowest BCUT2D eigenvalue weighted by Gasteiger charge is -2.07. The van der Waals surface area contributed by atoms with Crippen molar-refractivity contribution in [2.45, 2.75) is 13.3 Å². The topological polar surface area (TPSA) is 71.4 Å². The van der Waals surface area contributed by atoms with Gasteiger partial charge in [-0.2, -0.15) is 12.6 Å². The van der Waals surface area contributed by atoms with Crippen LogP contribution < -0.4 is 5.32 Å². The van der Waals surface area contributed by atoms with Crippen LogP contribution in [-0.2, 0) is 14.3 Å². The molecule has 0 atom stereocenters. The molecule has 0 amide bonds. The third-order valence-corrected chi connectivity index (χ3v) is 1.68. The average molecular weight is 234 g/mol. The van der Waals surface area contributed by atoms with Crippen molar-refractivity contribution >= 4 is 24.5 Å². The molecule has 5 nitrogen and oxygen atoms in total. The lowest BCUT2D eigenvalue weighted by atomic mass is 10.4. The number of hydrogen-bond donors (Lipinski definition) is 3. The summed E-state index contributed by atoms with van der Waals surface area (Å²) in [5.74, 6) is 0.284. The maximum atomic E-state index is 10.9. The van der Waals surface area contributed by atoms with Gasteiger partial charge in [-0.1, -0.05) is 0 Å². The van der Waals surface area contributed by atoms with Crippen molar-refractivity contribution in [2.24, 2.45) is 0 Å². The first-order chi connectivity index (χ1) is 7.20. The second-order valence-corrected chi connectivity index (χ2v) is 3.17. The minimum Gasteiger partial charge on any atom is -0.479 e. The van der Waals surface area contributed by atoms with E-state index in [9.17, 15) is 4.79 Å². The third kappa shape index (κ3) is 9.55. The monoisotopic (exact) mass is 234 g/mol. The quantitative estimate of drug-likeness (QED) is 0.187. The number of thiol groups is 1. The Morgan fingerprint density at radius 3 is 2.73 bits per heavy atom. The zero-order chi connectivity index (χ0) is 11.5. The summed E-state index contributed by atoms with van der Waals surface area (Å²) in [7, 11) is 0. The SMILES string of the molecule is CCOC(=O)CC(=N)OCCNCCS. The van der Waals surface area contributed by atoms with Crippen LogP contribution in [0, 0.1) is 5.41 Å². The van der Waals surface area contributed by atoms with E-state index in [2.05, 4.69) is 22.7 Å². The molecule has 0 aromatic rings. The van der Waals surface area contributed by atoms with Crippen LogP contribution in [-0.4, -0.2) is 43.9 Å². The predicted octanol–water partition coefficient (Wildman–Crippen LogP) is 0.453. The molecule has 0 heterocycles. The molecule has 15 heavy (non-hydrogen) atoms. The predicted molar refractivity (Wildman–Crippen MR) is 61.7 cm³/mol. The Bertz CT molecular complexity index is 200. The van der Waals surface area contributed by atoms with Gasteiger partial charge in [0.1, 0.15) is 13.0 Å². The molecule has 0 aromatic carbocycles. The van der Waals surface area contributed by atoms with Gasteiger partial charge in [-0.3, -0.25) is 10.2 Å². The van der Waals surface area contributed by atoms with E-state index in [-0.39, 0.29) is 12.3 Å². The van der Waals surface area contributed by atoms with Crippen LogP contribution >= 0.6 is 12.6 Å². The summed E-state index contributed by atoms with van der Waals surface area (Å²) >= 11 is 4.03.